The molecular formula is C18H18N4O3. The molecule has 3 aromatic rings. The van der Waals surface area contributed by atoms with E-state index >= 15 is 0 Å². The molecule has 0 saturated heterocycles. The van der Waals surface area contributed by atoms with E-state index in [0.29, 0.717) is 23.9 Å². The van der Waals surface area contributed by atoms with E-state index in [0.717, 1.165) is 23.4 Å². The molecule has 1 N–H and O–H groups in total. The van der Waals surface area contributed by atoms with Crippen molar-refractivity contribution in [1.29, 1.82) is 0 Å². The van der Waals surface area contributed by atoms with Crippen LogP contribution in [0.5, 0.6) is 0 Å². The summed E-state index contributed by atoms with van der Waals surface area (Å²) in [6.45, 7) is 4.40. The van der Waals surface area contributed by atoms with Crippen molar-refractivity contribution in [3.05, 3.63) is 59.7 Å². The van der Waals surface area contributed by atoms with Gasteiger partial charge in [0.1, 0.15) is 12.3 Å². The van der Waals surface area contributed by atoms with Crippen LogP contribution in [0.2, 0.25) is 0 Å². The summed E-state index contributed by atoms with van der Waals surface area (Å²) < 4.78 is 10.5. The van der Waals surface area contributed by atoms with Crippen molar-refractivity contribution in [2.75, 3.05) is 16.8 Å². The second kappa shape index (κ2) is 6.08. The van der Waals surface area contributed by atoms with Crippen molar-refractivity contribution in [2.45, 2.75) is 26.3 Å². The van der Waals surface area contributed by atoms with Gasteiger partial charge >= 0.3 is 0 Å². The Bertz CT molecular complexity index is 901. The zero-order valence-corrected chi connectivity index (χ0v) is 14.0. The summed E-state index contributed by atoms with van der Waals surface area (Å²) in [7, 11) is 0. The lowest BCUT2D eigenvalue weighted by molar-refractivity contribution is 0.0989. The number of aromatic nitrogens is 2. The fourth-order valence-electron chi connectivity index (χ4n) is 3.04. The molecule has 1 amide bonds. The SMILES string of the molecule is Cc1nnc([C@@H](C)Nc2ccc3c(c2)CCN3C(=O)c2ccoc2)o1. The Morgan fingerprint density at radius 2 is 2.20 bits per heavy atom. The maximum absolute atomic E-state index is 12.5. The summed E-state index contributed by atoms with van der Waals surface area (Å²) in [5, 5.41) is 11.2. The summed E-state index contributed by atoms with van der Waals surface area (Å²) in [5.41, 5.74) is 3.60. The molecule has 2 aromatic heterocycles. The second-order valence-corrected chi connectivity index (χ2v) is 6.09. The van der Waals surface area contributed by atoms with Crippen LogP contribution in [-0.4, -0.2) is 22.6 Å². The summed E-state index contributed by atoms with van der Waals surface area (Å²) in [6.07, 6.45) is 3.81. The third kappa shape index (κ3) is 2.88. The molecular weight excluding hydrogens is 320 g/mol. The molecule has 25 heavy (non-hydrogen) atoms. The molecule has 0 unspecified atom stereocenters. The molecule has 1 aromatic carbocycles. The van der Waals surface area contributed by atoms with Gasteiger partial charge in [-0.15, -0.1) is 10.2 Å². The Morgan fingerprint density at radius 1 is 1.32 bits per heavy atom. The van der Waals surface area contributed by atoms with E-state index in [1.54, 1.807) is 17.9 Å². The molecule has 7 heteroatoms. The Kier molecular flexibility index (Phi) is 3.76. The Hall–Kier alpha value is -3.09. The first-order chi connectivity index (χ1) is 12.1. The van der Waals surface area contributed by atoms with E-state index in [9.17, 15) is 4.79 Å². The van der Waals surface area contributed by atoms with Gasteiger partial charge in [0, 0.05) is 24.8 Å². The predicted octanol–water partition coefficient (Wildman–Crippen LogP) is 3.35. The molecule has 1 aliphatic heterocycles. The maximum atomic E-state index is 12.5. The smallest absolute Gasteiger partial charge is 0.261 e. The fraction of sp³-hybridized carbons (Fsp3) is 0.278. The predicted molar refractivity (Wildman–Crippen MR) is 91.6 cm³/mol. The van der Waals surface area contributed by atoms with Crippen LogP contribution in [-0.2, 0) is 6.42 Å². The van der Waals surface area contributed by atoms with E-state index in [4.69, 9.17) is 8.83 Å². The molecule has 7 nitrogen and oxygen atoms in total. The highest BCUT2D eigenvalue weighted by Crippen LogP contribution is 2.32. The van der Waals surface area contributed by atoms with Crippen molar-refractivity contribution in [1.82, 2.24) is 10.2 Å². The van der Waals surface area contributed by atoms with Crippen molar-refractivity contribution in [2.24, 2.45) is 0 Å². The molecule has 0 fully saturated rings. The van der Waals surface area contributed by atoms with Gasteiger partial charge in [-0.05, 0) is 43.2 Å². The minimum atomic E-state index is -0.0932. The number of amides is 1. The number of carbonyl (C=O) groups is 1. The van der Waals surface area contributed by atoms with Gasteiger partial charge < -0.3 is 19.1 Å². The summed E-state index contributed by atoms with van der Waals surface area (Å²) in [4.78, 5) is 14.3. The van der Waals surface area contributed by atoms with E-state index in [-0.39, 0.29) is 11.9 Å². The van der Waals surface area contributed by atoms with Gasteiger partial charge in [-0.3, -0.25) is 4.79 Å². The number of benzene rings is 1. The molecule has 0 saturated carbocycles. The Labute approximate surface area is 144 Å². The van der Waals surface area contributed by atoms with E-state index in [2.05, 4.69) is 21.6 Å². The van der Waals surface area contributed by atoms with E-state index in [1.807, 2.05) is 19.1 Å². The molecule has 4 rings (SSSR count). The van der Waals surface area contributed by atoms with E-state index in [1.165, 1.54) is 12.5 Å². The number of nitrogens with one attached hydrogen (secondary N) is 1. The lowest BCUT2D eigenvalue weighted by Crippen LogP contribution is -2.28. The molecule has 1 atom stereocenters. The number of nitrogens with zero attached hydrogens (tertiary/aromatic N) is 3. The van der Waals surface area contributed by atoms with Crippen molar-refractivity contribution >= 4 is 17.3 Å². The molecule has 1 aliphatic rings. The number of carbonyl (C=O) groups excluding carboxylic acids is 1. The highest BCUT2D eigenvalue weighted by atomic mass is 16.4. The van der Waals surface area contributed by atoms with Gasteiger partial charge in [0.2, 0.25) is 11.8 Å². The number of rotatable bonds is 4. The molecule has 0 spiro atoms. The zero-order valence-electron chi connectivity index (χ0n) is 14.0. The zero-order chi connectivity index (χ0) is 17.4. The summed E-state index contributed by atoms with van der Waals surface area (Å²) in [5.74, 6) is 1.06. The second-order valence-electron chi connectivity index (χ2n) is 6.09. The quantitative estimate of drug-likeness (QED) is 0.785. The average Bonchev–Trinajstić information content (AvgIpc) is 3.34. The fourth-order valence-corrected chi connectivity index (χ4v) is 3.04. The van der Waals surface area contributed by atoms with Crippen LogP contribution in [0.4, 0.5) is 11.4 Å². The number of aryl methyl sites for hydroxylation is 1. The minimum absolute atomic E-state index is 0.0390. The molecule has 0 radical (unpaired) electrons. The first kappa shape index (κ1) is 15.4. The first-order valence-corrected chi connectivity index (χ1v) is 8.15. The van der Waals surface area contributed by atoms with Gasteiger partial charge in [-0.2, -0.15) is 0 Å². The van der Waals surface area contributed by atoms with Gasteiger partial charge in [0.25, 0.3) is 5.91 Å². The number of furan rings is 1. The van der Waals surface area contributed by atoms with E-state index < -0.39 is 0 Å². The Morgan fingerprint density at radius 3 is 2.92 bits per heavy atom. The van der Waals surface area contributed by atoms with Crippen LogP contribution < -0.4 is 10.2 Å². The topological polar surface area (TPSA) is 84.4 Å². The minimum Gasteiger partial charge on any atom is -0.472 e. The van der Waals surface area contributed by atoms with Gasteiger partial charge in [0.15, 0.2) is 0 Å². The van der Waals surface area contributed by atoms with Crippen LogP contribution in [0.3, 0.4) is 0 Å². The highest BCUT2D eigenvalue weighted by Gasteiger charge is 2.26. The molecule has 0 aliphatic carbocycles. The van der Waals surface area contributed by atoms with Crippen LogP contribution in [0, 0.1) is 6.92 Å². The normalized spacial score (nSPS) is 14.4. The van der Waals surface area contributed by atoms with Crippen LogP contribution >= 0.6 is 0 Å². The van der Waals surface area contributed by atoms with Crippen LogP contribution in [0.15, 0.2) is 45.6 Å². The van der Waals surface area contributed by atoms with Gasteiger partial charge in [-0.1, -0.05) is 0 Å². The van der Waals surface area contributed by atoms with Gasteiger partial charge in [-0.25, -0.2) is 0 Å². The third-order valence-corrected chi connectivity index (χ3v) is 4.28. The van der Waals surface area contributed by atoms with Crippen molar-refractivity contribution in [3.8, 4) is 0 Å². The lowest BCUT2D eigenvalue weighted by Gasteiger charge is -2.17. The third-order valence-electron chi connectivity index (χ3n) is 4.28. The van der Waals surface area contributed by atoms with Gasteiger partial charge in [0.05, 0.1) is 11.8 Å². The number of fused-ring (bicyclic) bond motifs is 1. The van der Waals surface area contributed by atoms with Crippen LogP contribution in [0.1, 0.15) is 40.7 Å². The van der Waals surface area contributed by atoms with Crippen molar-refractivity contribution in [3.63, 3.8) is 0 Å². The first-order valence-electron chi connectivity index (χ1n) is 8.15. The standard InChI is InChI=1S/C18H18N4O3/c1-11(17-21-20-12(2)25-17)19-15-3-4-16-13(9-15)5-7-22(16)18(23)14-6-8-24-10-14/h3-4,6,8-11,19H,5,7H2,1-2H3/t11-/m1/s1. The summed E-state index contributed by atoms with van der Waals surface area (Å²) in [6, 6.07) is 7.58. The Balaban J connectivity index is 1.52. The monoisotopic (exact) mass is 338 g/mol. The highest BCUT2D eigenvalue weighted by molar-refractivity contribution is 6.07. The average molecular weight is 338 g/mol. The number of hydrogen-bond donors (Lipinski definition) is 1. The summed E-state index contributed by atoms with van der Waals surface area (Å²) >= 11 is 0. The molecule has 128 valence electrons. The van der Waals surface area contributed by atoms with Crippen molar-refractivity contribution < 1.29 is 13.6 Å². The largest absolute Gasteiger partial charge is 0.472 e. The van der Waals surface area contributed by atoms with Crippen LogP contribution in [0.25, 0.3) is 0 Å². The number of hydrogen-bond acceptors (Lipinski definition) is 6. The lowest BCUT2D eigenvalue weighted by atomic mass is 10.1. The maximum Gasteiger partial charge on any atom is 0.261 e. The number of anilines is 2. The molecule has 3 heterocycles. The molecule has 0 bridgehead atoms.